The minimum Gasteiger partial charge on any atom is -0.352 e. The van der Waals surface area contributed by atoms with Crippen LogP contribution in [0.15, 0.2) is 36.4 Å². The van der Waals surface area contributed by atoms with Crippen molar-refractivity contribution in [1.29, 1.82) is 0 Å². The quantitative estimate of drug-likeness (QED) is 0.658. The molecule has 0 aliphatic rings. The minimum atomic E-state index is -0.664. The van der Waals surface area contributed by atoms with Gasteiger partial charge in [0.05, 0.1) is 6.42 Å². The van der Waals surface area contributed by atoms with Crippen LogP contribution in [0.3, 0.4) is 0 Å². The first kappa shape index (κ1) is 23.2. The maximum Gasteiger partial charge on any atom is 0.242 e. The molecule has 0 heterocycles. The summed E-state index contributed by atoms with van der Waals surface area (Å²) in [6.07, 6.45) is 0.203. The Morgan fingerprint density at radius 1 is 1.03 bits per heavy atom. The molecule has 29 heavy (non-hydrogen) atoms. The molecule has 0 spiro atoms. The molecule has 0 unspecified atom stereocenters. The Morgan fingerprint density at radius 2 is 1.66 bits per heavy atom. The van der Waals surface area contributed by atoms with Crippen LogP contribution in [0.25, 0.3) is 0 Å². The van der Waals surface area contributed by atoms with Gasteiger partial charge in [-0.3, -0.25) is 9.59 Å². The second kappa shape index (κ2) is 10.1. The Balaban J connectivity index is 2.36. The van der Waals surface area contributed by atoms with E-state index in [0.717, 1.165) is 16.7 Å². The molecule has 0 fully saturated rings. The smallest absolute Gasteiger partial charge is 0.242 e. The Labute approximate surface area is 183 Å². The number of nitrogens with zero attached hydrogens (tertiary/aromatic N) is 1. The van der Waals surface area contributed by atoms with Gasteiger partial charge in [-0.1, -0.05) is 53.0 Å². The molecule has 2 amide bonds. The van der Waals surface area contributed by atoms with E-state index in [-0.39, 0.29) is 30.8 Å². The van der Waals surface area contributed by atoms with Crippen molar-refractivity contribution in [2.45, 2.75) is 59.7 Å². The van der Waals surface area contributed by atoms with Gasteiger partial charge in [-0.25, -0.2) is 0 Å². The Kier molecular flexibility index (Phi) is 8.12. The minimum absolute atomic E-state index is 0.0233. The molecule has 2 aromatic carbocycles. The van der Waals surface area contributed by atoms with Crippen LogP contribution in [0, 0.1) is 13.8 Å². The van der Waals surface area contributed by atoms with Gasteiger partial charge in [0.1, 0.15) is 6.04 Å². The number of aryl methyl sites for hydroxylation is 2. The Hall–Kier alpha value is -2.04. The lowest BCUT2D eigenvalue weighted by molar-refractivity contribution is -0.140. The molecule has 0 aliphatic carbocycles. The summed E-state index contributed by atoms with van der Waals surface area (Å²) < 4.78 is 0. The van der Waals surface area contributed by atoms with Gasteiger partial charge in [-0.15, -0.1) is 0 Å². The molecule has 4 nitrogen and oxygen atoms in total. The first-order chi connectivity index (χ1) is 13.6. The van der Waals surface area contributed by atoms with Crippen LogP contribution < -0.4 is 5.32 Å². The van der Waals surface area contributed by atoms with E-state index in [0.29, 0.717) is 15.6 Å². The van der Waals surface area contributed by atoms with Gasteiger partial charge < -0.3 is 10.2 Å². The van der Waals surface area contributed by atoms with Gasteiger partial charge in [-0.05, 0) is 57.9 Å². The molecule has 2 aromatic rings. The zero-order chi connectivity index (χ0) is 21.7. The fourth-order valence-electron chi connectivity index (χ4n) is 3.10. The number of nitrogens with one attached hydrogen (secondary N) is 1. The van der Waals surface area contributed by atoms with Gasteiger partial charge in [0.2, 0.25) is 11.8 Å². The summed E-state index contributed by atoms with van der Waals surface area (Å²) in [5, 5.41) is 3.82. The first-order valence-corrected chi connectivity index (χ1v) is 10.4. The fourth-order valence-corrected chi connectivity index (χ4v) is 3.61. The highest BCUT2D eigenvalue weighted by molar-refractivity contribution is 6.36. The van der Waals surface area contributed by atoms with Gasteiger partial charge in [0.25, 0.3) is 0 Å². The predicted molar refractivity (Wildman–Crippen MR) is 119 cm³/mol. The summed E-state index contributed by atoms with van der Waals surface area (Å²) in [6, 6.07) is 10.6. The van der Waals surface area contributed by atoms with Crippen LogP contribution in [-0.4, -0.2) is 28.8 Å². The van der Waals surface area contributed by atoms with Gasteiger partial charge in [-0.2, -0.15) is 0 Å². The molecule has 6 heteroatoms. The number of carbonyl (C=O) groups excluding carboxylic acids is 2. The van der Waals surface area contributed by atoms with Crippen molar-refractivity contribution in [1.82, 2.24) is 10.2 Å². The number of rotatable bonds is 7. The molecule has 0 radical (unpaired) electrons. The van der Waals surface area contributed by atoms with Crippen molar-refractivity contribution in [2.75, 3.05) is 0 Å². The third-order valence-corrected chi connectivity index (χ3v) is 5.54. The van der Waals surface area contributed by atoms with E-state index in [9.17, 15) is 9.59 Å². The van der Waals surface area contributed by atoms with Crippen LogP contribution in [0.2, 0.25) is 10.0 Å². The zero-order valence-corrected chi connectivity index (χ0v) is 19.1. The maximum atomic E-state index is 13.3. The largest absolute Gasteiger partial charge is 0.352 e. The van der Waals surface area contributed by atoms with Crippen LogP contribution in [-0.2, 0) is 22.6 Å². The second-order valence-electron chi connectivity index (χ2n) is 7.67. The SMILES string of the molecule is Cc1ccc(C)c(CC(=O)N(Cc2c(Cl)cccc2Cl)[C@@H](C)C(=O)NC(C)C)c1. The Bertz CT molecular complexity index is 876. The van der Waals surface area contributed by atoms with Crippen LogP contribution in [0.4, 0.5) is 0 Å². The average molecular weight is 435 g/mol. The van der Waals surface area contributed by atoms with Crippen LogP contribution in [0.5, 0.6) is 0 Å². The summed E-state index contributed by atoms with van der Waals surface area (Å²) in [5.41, 5.74) is 3.71. The van der Waals surface area contributed by atoms with Crippen molar-refractivity contribution in [2.24, 2.45) is 0 Å². The molecule has 1 N–H and O–H groups in total. The maximum absolute atomic E-state index is 13.3. The molecule has 0 bridgehead atoms. The summed E-state index contributed by atoms with van der Waals surface area (Å²) in [6.45, 7) is 9.63. The predicted octanol–water partition coefficient (Wildman–Crippen LogP) is 5.09. The standard InChI is InChI=1S/C23H28Cl2N2O2/c1-14(2)26-23(29)17(5)27(13-19-20(24)7-6-8-21(19)25)22(28)12-18-11-15(3)9-10-16(18)4/h6-11,14,17H,12-13H2,1-5H3,(H,26,29)/t17-/m0/s1. The summed E-state index contributed by atoms with van der Waals surface area (Å²) in [7, 11) is 0. The van der Waals surface area contributed by atoms with Crippen molar-refractivity contribution in [3.05, 3.63) is 68.7 Å². The summed E-state index contributed by atoms with van der Waals surface area (Å²) in [5.74, 6) is -0.362. The fraction of sp³-hybridized carbons (Fsp3) is 0.391. The molecule has 0 saturated carbocycles. The van der Waals surface area contributed by atoms with E-state index in [1.807, 2.05) is 45.9 Å². The lowest BCUT2D eigenvalue weighted by Crippen LogP contribution is -2.49. The summed E-state index contributed by atoms with van der Waals surface area (Å²) in [4.78, 5) is 27.5. The molecular formula is C23H28Cl2N2O2. The summed E-state index contributed by atoms with van der Waals surface area (Å²) >= 11 is 12.7. The molecule has 0 aromatic heterocycles. The average Bonchev–Trinajstić information content (AvgIpc) is 2.63. The van der Waals surface area contributed by atoms with Crippen molar-refractivity contribution >= 4 is 35.0 Å². The topological polar surface area (TPSA) is 49.4 Å². The Morgan fingerprint density at radius 3 is 2.24 bits per heavy atom. The van der Waals surface area contributed by atoms with E-state index < -0.39 is 6.04 Å². The normalized spacial score (nSPS) is 12.0. The van der Waals surface area contributed by atoms with Crippen molar-refractivity contribution in [3.63, 3.8) is 0 Å². The molecule has 156 valence electrons. The first-order valence-electron chi connectivity index (χ1n) is 9.69. The molecule has 1 atom stereocenters. The number of halogens is 2. The van der Waals surface area contributed by atoms with Crippen molar-refractivity contribution < 1.29 is 9.59 Å². The highest BCUT2D eigenvalue weighted by Gasteiger charge is 2.28. The number of carbonyl (C=O) groups is 2. The lowest BCUT2D eigenvalue weighted by Gasteiger charge is -2.30. The molecule has 0 aliphatic heterocycles. The monoisotopic (exact) mass is 434 g/mol. The van der Waals surface area contributed by atoms with E-state index in [1.165, 1.54) is 0 Å². The van der Waals surface area contributed by atoms with Gasteiger partial charge >= 0.3 is 0 Å². The van der Waals surface area contributed by atoms with E-state index >= 15 is 0 Å². The number of benzene rings is 2. The molecular weight excluding hydrogens is 407 g/mol. The van der Waals surface area contributed by atoms with Crippen LogP contribution in [0.1, 0.15) is 43.0 Å². The lowest BCUT2D eigenvalue weighted by atomic mass is 10.0. The number of amides is 2. The number of hydrogen-bond donors (Lipinski definition) is 1. The second-order valence-corrected chi connectivity index (χ2v) is 8.48. The molecule has 2 rings (SSSR count). The highest BCUT2D eigenvalue weighted by Crippen LogP contribution is 2.27. The molecule has 0 saturated heterocycles. The van der Waals surface area contributed by atoms with Crippen molar-refractivity contribution in [3.8, 4) is 0 Å². The highest BCUT2D eigenvalue weighted by atomic mass is 35.5. The van der Waals surface area contributed by atoms with E-state index in [4.69, 9.17) is 23.2 Å². The van der Waals surface area contributed by atoms with Gasteiger partial charge in [0, 0.05) is 28.2 Å². The van der Waals surface area contributed by atoms with E-state index in [1.54, 1.807) is 30.0 Å². The van der Waals surface area contributed by atoms with Gasteiger partial charge in [0.15, 0.2) is 0 Å². The number of hydrogen-bond acceptors (Lipinski definition) is 2. The van der Waals surface area contributed by atoms with Crippen LogP contribution >= 0.6 is 23.2 Å². The van der Waals surface area contributed by atoms with E-state index in [2.05, 4.69) is 5.32 Å². The third-order valence-electron chi connectivity index (χ3n) is 4.83. The third kappa shape index (κ3) is 6.22. The zero-order valence-electron chi connectivity index (χ0n) is 17.6.